The molecule has 118 valence electrons. The highest BCUT2D eigenvalue weighted by atomic mass is 32.1. The number of carbonyl (C=O) groups is 1. The predicted molar refractivity (Wildman–Crippen MR) is 88.6 cm³/mol. The molecule has 0 fully saturated rings. The summed E-state index contributed by atoms with van der Waals surface area (Å²) in [6, 6.07) is 7.14. The molecule has 22 heavy (non-hydrogen) atoms. The molecule has 0 aliphatic heterocycles. The summed E-state index contributed by atoms with van der Waals surface area (Å²) in [5.41, 5.74) is 0.870. The highest BCUT2D eigenvalue weighted by Crippen LogP contribution is 2.18. The third-order valence-corrected chi connectivity index (χ3v) is 4.14. The molecule has 0 aliphatic carbocycles. The topological polar surface area (TPSA) is 76.1 Å². The van der Waals surface area contributed by atoms with Crippen molar-refractivity contribution >= 4 is 28.1 Å². The largest absolute Gasteiger partial charge is 0.497 e. The van der Waals surface area contributed by atoms with Crippen molar-refractivity contribution in [2.45, 2.75) is 32.7 Å². The first kappa shape index (κ1) is 16.2. The average Bonchev–Trinajstić information content (AvgIpc) is 3.00. The van der Waals surface area contributed by atoms with E-state index in [1.54, 1.807) is 7.11 Å². The maximum atomic E-state index is 12.3. The summed E-state index contributed by atoms with van der Waals surface area (Å²) in [6.07, 6.45) is 1.48. The van der Waals surface area contributed by atoms with Crippen LogP contribution in [0.25, 0.3) is 0 Å². The second-order valence-corrected chi connectivity index (χ2v) is 5.74. The molecule has 1 aromatic carbocycles. The molecule has 0 saturated carbocycles. The number of nitrogens with zero attached hydrogens (tertiary/aromatic N) is 2. The number of anilines is 2. The third-order valence-electron chi connectivity index (χ3n) is 3.16. The summed E-state index contributed by atoms with van der Waals surface area (Å²) in [6.45, 7) is 3.96. The standard InChI is InChI=1S/C15H20N4O2S/c1-4-12(16-10-6-8-11(21-3)9-7-10)14(20)17-15-19-18-13(5-2)22-15/h6-9,12,16H,4-5H2,1-3H3,(H,17,19,20)/t12-/m1/s1. The van der Waals surface area contributed by atoms with E-state index < -0.39 is 0 Å². The maximum absolute atomic E-state index is 12.3. The SMILES string of the molecule is CCc1nnc(NC(=O)[C@@H](CC)Nc2ccc(OC)cc2)s1. The second kappa shape index (κ2) is 7.74. The van der Waals surface area contributed by atoms with E-state index in [1.165, 1.54) is 11.3 Å². The first-order valence-corrected chi connectivity index (χ1v) is 8.01. The zero-order valence-electron chi connectivity index (χ0n) is 12.9. The monoisotopic (exact) mass is 320 g/mol. The minimum absolute atomic E-state index is 0.114. The van der Waals surface area contributed by atoms with E-state index in [9.17, 15) is 4.79 Å². The Hall–Kier alpha value is -2.15. The Bertz CT molecular complexity index is 612. The van der Waals surface area contributed by atoms with E-state index in [0.29, 0.717) is 11.6 Å². The van der Waals surface area contributed by atoms with Crippen LogP contribution in [-0.2, 0) is 11.2 Å². The molecule has 1 heterocycles. The average molecular weight is 320 g/mol. The Labute approximate surface area is 133 Å². The van der Waals surface area contributed by atoms with Gasteiger partial charge in [-0.25, -0.2) is 0 Å². The van der Waals surface area contributed by atoms with Gasteiger partial charge in [0.05, 0.1) is 7.11 Å². The van der Waals surface area contributed by atoms with Crippen LogP contribution in [0.3, 0.4) is 0 Å². The lowest BCUT2D eigenvalue weighted by atomic mass is 10.2. The molecule has 2 aromatic rings. The van der Waals surface area contributed by atoms with Crippen LogP contribution in [0.1, 0.15) is 25.3 Å². The number of aryl methyl sites for hydroxylation is 1. The number of hydrogen-bond donors (Lipinski definition) is 2. The Morgan fingerprint density at radius 2 is 2.00 bits per heavy atom. The molecule has 6 nitrogen and oxygen atoms in total. The molecule has 2 rings (SSSR count). The van der Waals surface area contributed by atoms with Gasteiger partial charge in [-0.15, -0.1) is 10.2 Å². The fourth-order valence-electron chi connectivity index (χ4n) is 1.88. The number of aromatic nitrogens is 2. The highest BCUT2D eigenvalue weighted by Gasteiger charge is 2.18. The molecule has 0 saturated heterocycles. The lowest BCUT2D eigenvalue weighted by Crippen LogP contribution is -2.34. The zero-order chi connectivity index (χ0) is 15.9. The Balaban J connectivity index is 1.98. The van der Waals surface area contributed by atoms with E-state index in [4.69, 9.17) is 4.74 Å². The van der Waals surface area contributed by atoms with Gasteiger partial charge >= 0.3 is 0 Å². The van der Waals surface area contributed by atoms with Crippen LogP contribution in [0.15, 0.2) is 24.3 Å². The summed E-state index contributed by atoms with van der Waals surface area (Å²) in [4.78, 5) is 12.3. The molecule has 2 N–H and O–H groups in total. The van der Waals surface area contributed by atoms with Crippen molar-refractivity contribution in [1.29, 1.82) is 0 Å². The van der Waals surface area contributed by atoms with Gasteiger partial charge in [0.25, 0.3) is 0 Å². The lowest BCUT2D eigenvalue weighted by Gasteiger charge is -2.17. The molecule has 0 radical (unpaired) electrons. The Morgan fingerprint density at radius 3 is 2.55 bits per heavy atom. The Kier molecular flexibility index (Phi) is 5.71. The van der Waals surface area contributed by atoms with Crippen molar-refractivity contribution in [2.75, 3.05) is 17.7 Å². The number of benzene rings is 1. The van der Waals surface area contributed by atoms with Crippen molar-refractivity contribution in [3.8, 4) is 5.75 Å². The third kappa shape index (κ3) is 4.17. The van der Waals surface area contributed by atoms with Crippen molar-refractivity contribution < 1.29 is 9.53 Å². The van der Waals surface area contributed by atoms with Crippen molar-refractivity contribution in [2.24, 2.45) is 0 Å². The quantitative estimate of drug-likeness (QED) is 0.820. The Morgan fingerprint density at radius 1 is 1.27 bits per heavy atom. The van der Waals surface area contributed by atoms with E-state index in [1.807, 2.05) is 38.1 Å². The van der Waals surface area contributed by atoms with Crippen LogP contribution in [0, 0.1) is 0 Å². The van der Waals surface area contributed by atoms with Crippen LogP contribution in [0.5, 0.6) is 5.75 Å². The summed E-state index contributed by atoms with van der Waals surface area (Å²) in [7, 11) is 1.62. The van der Waals surface area contributed by atoms with Crippen LogP contribution >= 0.6 is 11.3 Å². The molecule has 1 aromatic heterocycles. The summed E-state index contributed by atoms with van der Waals surface area (Å²) in [5.74, 6) is 0.668. The number of rotatable bonds is 7. The molecule has 0 unspecified atom stereocenters. The molecule has 0 bridgehead atoms. The number of methoxy groups -OCH3 is 1. The van der Waals surface area contributed by atoms with Crippen molar-refractivity contribution in [3.05, 3.63) is 29.3 Å². The second-order valence-electron chi connectivity index (χ2n) is 4.68. The number of ether oxygens (including phenoxy) is 1. The summed E-state index contributed by atoms with van der Waals surface area (Å²) in [5, 5.41) is 15.4. The normalized spacial score (nSPS) is 11.8. The fraction of sp³-hybridized carbons (Fsp3) is 0.400. The van der Waals surface area contributed by atoms with Crippen molar-refractivity contribution in [3.63, 3.8) is 0 Å². The van der Waals surface area contributed by atoms with Gasteiger partial charge in [-0.1, -0.05) is 25.2 Å². The fourth-order valence-corrected chi connectivity index (χ4v) is 2.56. The van der Waals surface area contributed by atoms with Crippen molar-refractivity contribution in [1.82, 2.24) is 10.2 Å². The van der Waals surface area contributed by atoms with Gasteiger partial charge in [-0.05, 0) is 37.1 Å². The smallest absolute Gasteiger partial charge is 0.248 e. The first-order chi connectivity index (χ1) is 10.7. The number of hydrogen-bond acceptors (Lipinski definition) is 6. The van der Waals surface area contributed by atoms with E-state index in [2.05, 4.69) is 20.8 Å². The van der Waals surface area contributed by atoms with Gasteiger partial charge in [-0.3, -0.25) is 10.1 Å². The number of amides is 1. The molecule has 0 aliphatic rings. The minimum Gasteiger partial charge on any atom is -0.497 e. The zero-order valence-corrected chi connectivity index (χ0v) is 13.7. The van der Waals surface area contributed by atoms with Gasteiger partial charge in [0, 0.05) is 5.69 Å². The van der Waals surface area contributed by atoms with Crippen LogP contribution < -0.4 is 15.4 Å². The minimum atomic E-state index is -0.331. The molecular formula is C15H20N4O2S. The van der Waals surface area contributed by atoms with Crippen LogP contribution in [0.4, 0.5) is 10.8 Å². The van der Waals surface area contributed by atoms with Gasteiger partial charge < -0.3 is 10.1 Å². The summed E-state index contributed by atoms with van der Waals surface area (Å²) < 4.78 is 5.12. The predicted octanol–water partition coefficient (Wildman–Crippen LogP) is 2.94. The van der Waals surface area contributed by atoms with E-state index in [-0.39, 0.29) is 11.9 Å². The van der Waals surface area contributed by atoms with E-state index in [0.717, 1.165) is 22.9 Å². The molecule has 0 spiro atoms. The van der Waals surface area contributed by atoms with Gasteiger partial charge in [0.15, 0.2) is 0 Å². The number of nitrogens with one attached hydrogen (secondary N) is 2. The number of carbonyl (C=O) groups excluding carboxylic acids is 1. The molecule has 1 amide bonds. The molecular weight excluding hydrogens is 300 g/mol. The first-order valence-electron chi connectivity index (χ1n) is 7.20. The van der Waals surface area contributed by atoms with Crippen LogP contribution in [0.2, 0.25) is 0 Å². The van der Waals surface area contributed by atoms with Gasteiger partial charge in [-0.2, -0.15) is 0 Å². The maximum Gasteiger partial charge on any atom is 0.248 e. The van der Waals surface area contributed by atoms with E-state index >= 15 is 0 Å². The van der Waals surface area contributed by atoms with Gasteiger partial charge in [0.2, 0.25) is 11.0 Å². The summed E-state index contributed by atoms with van der Waals surface area (Å²) >= 11 is 1.40. The molecule has 7 heteroatoms. The molecule has 1 atom stereocenters. The van der Waals surface area contributed by atoms with Crippen LogP contribution in [-0.4, -0.2) is 29.3 Å². The van der Waals surface area contributed by atoms with Gasteiger partial charge in [0.1, 0.15) is 16.8 Å². The highest BCUT2D eigenvalue weighted by molar-refractivity contribution is 7.15. The lowest BCUT2D eigenvalue weighted by molar-refractivity contribution is -0.117.